The molecule has 2 aromatic carbocycles. The molecule has 0 bridgehead atoms. The third-order valence-corrected chi connectivity index (χ3v) is 3.43. The van der Waals surface area contributed by atoms with Crippen molar-refractivity contribution in [1.29, 1.82) is 0 Å². The second kappa shape index (κ2) is 5.86. The Morgan fingerprint density at radius 2 is 1.28 bits per heavy atom. The molecular weight excluding hydrogens is 216 g/mol. The Hall–Kier alpha value is -1.56. The maximum absolute atomic E-state index is 2.32. The molecule has 0 heterocycles. The van der Waals surface area contributed by atoms with Crippen molar-refractivity contribution in [3.05, 3.63) is 70.3 Å². The Bertz CT molecular complexity index is 506. The van der Waals surface area contributed by atoms with Crippen molar-refractivity contribution in [1.82, 2.24) is 0 Å². The van der Waals surface area contributed by atoms with Gasteiger partial charge >= 0.3 is 0 Å². The molecule has 0 nitrogen and oxygen atoms in total. The molecule has 0 atom stereocenters. The molecule has 0 N–H and O–H groups in total. The van der Waals surface area contributed by atoms with E-state index < -0.39 is 0 Å². The predicted octanol–water partition coefficient (Wildman–Crippen LogP) is 4.79. The molecule has 1 aliphatic rings. The summed E-state index contributed by atoms with van der Waals surface area (Å²) in [6, 6.07) is 15.3. The normalized spacial score (nSPS) is 12.6. The third-order valence-electron chi connectivity index (χ3n) is 3.43. The van der Waals surface area contributed by atoms with Crippen molar-refractivity contribution in [2.45, 2.75) is 40.0 Å². The zero-order chi connectivity index (χ0) is 13.0. The number of rotatable bonds is 0. The number of hydrogen-bond acceptors (Lipinski definition) is 0. The first-order valence-corrected chi connectivity index (χ1v) is 6.77. The molecule has 0 spiro atoms. The minimum atomic E-state index is 1.30. The molecule has 18 heavy (non-hydrogen) atoms. The Morgan fingerprint density at radius 3 is 1.89 bits per heavy atom. The standard InChI is InChI=1S/C10H12.C8H10/c1-8-5-6-9-3-2-4-10(9)7-8;1-7-4-3-5-8(2)6-7/h5-7H,2-4H2,1H3;3-6H,1-2H3. The highest BCUT2D eigenvalue weighted by molar-refractivity contribution is 5.34. The van der Waals surface area contributed by atoms with E-state index in [2.05, 4.69) is 63.2 Å². The molecule has 3 rings (SSSR count). The van der Waals surface area contributed by atoms with Crippen molar-refractivity contribution in [3.63, 3.8) is 0 Å². The largest absolute Gasteiger partial charge is 0.0617 e. The minimum absolute atomic E-state index is 1.30. The first kappa shape index (κ1) is 12.9. The fourth-order valence-corrected chi connectivity index (χ4v) is 2.51. The van der Waals surface area contributed by atoms with Crippen LogP contribution in [0.2, 0.25) is 0 Å². The van der Waals surface area contributed by atoms with Gasteiger partial charge in [0.25, 0.3) is 0 Å². The molecule has 0 heteroatoms. The number of benzene rings is 2. The summed E-state index contributed by atoms with van der Waals surface area (Å²) in [5, 5.41) is 0. The van der Waals surface area contributed by atoms with E-state index in [9.17, 15) is 0 Å². The van der Waals surface area contributed by atoms with Gasteiger partial charge in [-0.3, -0.25) is 0 Å². The van der Waals surface area contributed by atoms with Crippen molar-refractivity contribution in [3.8, 4) is 0 Å². The van der Waals surface area contributed by atoms with Gasteiger partial charge in [0.05, 0.1) is 0 Å². The summed E-state index contributed by atoms with van der Waals surface area (Å²) in [7, 11) is 0. The average molecular weight is 238 g/mol. The van der Waals surface area contributed by atoms with Gasteiger partial charge in [-0.1, -0.05) is 59.2 Å². The van der Waals surface area contributed by atoms with Gasteiger partial charge in [0.1, 0.15) is 0 Å². The van der Waals surface area contributed by atoms with E-state index in [0.717, 1.165) is 0 Å². The molecule has 0 aromatic heterocycles. The SMILES string of the molecule is Cc1ccc2c(c1)CCC2.Cc1cccc(C)c1. The predicted molar refractivity (Wildman–Crippen MR) is 79.1 cm³/mol. The molecule has 0 unspecified atom stereocenters. The van der Waals surface area contributed by atoms with E-state index in [1.807, 2.05) is 0 Å². The van der Waals surface area contributed by atoms with E-state index in [0.29, 0.717) is 0 Å². The Morgan fingerprint density at radius 1 is 0.667 bits per heavy atom. The topological polar surface area (TPSA) is 0 Å². The smallest absolute Gasteiger partial charge is 0.0273 e. The lowest BCUT2D eigenvalue weighted by Crippen LogP contribution is -1.81. The number of fused-ring (bicyclic) bond motifs is 1. The van der Waals surface area contributed by atoms with Gasteiger partial charge in [-0.05, 0) is 51.2 Å². The van der Waals surface area contributed by atoms with Gasteiger partial charge in [-0.25, -0.2) is 0 Å². The Balaban J connectivity index is 0.000000138. The summed E-state index contributed by atoms with van der Waals surface area (Å²) < 4.78 is 0. The fourth-order valence-electron chi connectivity index (χ4n) is 2.51. The Labute approximate surface area is 111 Å². The molecule has 0 fully saturated rings. The summed E-state index contributed by atoms with van der Waals surface area (Å²) in [5.41, 5.74) is 7.24. The van der Waals surface area contributed by atoms with Gasteiger partial charge in [0.2, 0.25) is 0 Å². The van der Waals surface area contributed by atoms with Crippen molar-refractivity contribution in [2.24, 2.45) is 0 Å². The van der Waals surface area contributed by atoms with E-state index in [4.69, 9.17) is 0 Å². The summed E-state index contributed by atoms with van der Waals surface area (Å²) in [6.07, 6.45) is 3.96. The minimum Gasteiger partial charge on any atom is -0.0617 e. The second-order valence-electron chi connectivity index (χ2n) is 5.28. The van der Waals surface area contributed by atoms with E-state index >= 15 is 0 Å². The monoisotopic (exact) mass is 238 g/mol. The van der Waals surface area contributed by atoms with Crippen LogP contribution in [0.1, 0.15) is 34.2 Å². The number of aryl methyl sites for hydroxylation is 5. The molecule has 0 aliphatic heterocycles. The van der Waals surface area contributed by atoms with Gasteiger partial charge in [-0.15, -0.1) is 0 Å². The lowest BCUT2D eigenvalue weighted by atomic mass is 10.1. The Kier molecular flexibility index (Phi) is 4.19. The second-order valence-corrected chi connectivity index (χ2v) is 5.28. The van der Waals surface area contributed by atoms with E-state index in [1.54, 1.807) is 11.1 Å². The quantitative estimate of drug-likeness (QED) is 0.619. The first-order valence-electron chi connectivity index (χ1n) is 6.77. The molecular formula is C18H22. The average Bonchev–Trinajstić information content (AvgIpc) is 2.76. The number of hydrogen-bond donors (Lipinski definition) is 0. The van der Waals surface area contributed by atoms with Crippen LogP contribution in [-0.2, 0) is 12.8 Å². The zero-order valence-corrected chi connectivity index (χ0v) is 11.7. The van der Waals surface area contributed by atoms with Crippen LogP contribution in [0.15, 0.2) is 42.5 Å². The van der Waals surface area contributed by atoms with E-state index in [1.165, 1.54) is 36.0 Å². The summed E-state index contributed by atoms with van der Waals surface area (Å²) in [5.74, 6) is 0. The fraction of sp³-hybridized carbons (Fsp3) is 0.333. The molecule has 94 valence electrons. The van der Waals surface area contributed by atoms with Crippen LogP contribution in [0, 0.1) is 20.8 Å². The van der Waals surface area contributed by atoms with Crippen molar-refractivity contribution >= 4 is 0 Å². The molecule has 0 amide bonds. The molecule has 0 saturated carbocycles. The van der Waals surface area contributed by atoms with Crippen molar-refractivity contribution in [2.75, 3.05) is 0 Å². The van der Waals surface area contributed by atoms with Crippen LogP contribution in [0.25, 0.3) is 0 Å². The highest BCUT2D eigenvalue weighted by Crippen LogP contribution is 2.22. The van der Waals surface area contributed by atoms with Crippen LogP contribution >= 0.6 is 0 Å². The van der Waals surface area contributed by atoms with Crippen LogP contribution in [-0.4, -0.2) is 0 Å². The zero-order valence-electron chi connectivity index (χ0n) is 11.7. The summed E-state index contributed by atoms with van der Waals surface area (Å²) in [4.78, 5) is 0. The van der Waals surface area contributed by atoms with Gasteiger partial charge in [0.15, 0.2) is 0 Å². The molecule has 1 aliphatic carbocycles. The highest BCUT2D eigenvalue weighted by Gasteiger charge is 2.08. The lowest BCUT2D eigenvalue weighted by Gasteiger charge is -1.98. The first-order chi connectivity index (χ1) is 8.65. The molecule has 0 saturated heterocycles. The molecule has 2 aromatic rings. The molecule has 0 radical (unpaired) electrons. The van der Waals surface area contributed by atoms with Gasteiger partial charge in [-0.2, -0.15) is 0 Å². The third kappa shape index (κ3) is 3.46. The summed E-state index contributed by atoms with van der Waals surface area (Å²) in [6.45, 7) is 6.37. The van der Waals surface area contributed by atoms with Crippen molar-refractivity contribution < 1.29 is 0 Å². The summed E-state index contributed by atoms with van der Waals surface area (Å²) >= 11 is 0. The van der Waals surface area contributed by atoms with Crippen LogP contribution in [0.3, 0.4) is 0 Å². The van der Waals surface area contributed by atoms with Crippen LogP contribution in [0.5, 0.6) is 0 Å². The maximum Gasteiger partial charge on any atom is -0.0273 e. The highest BCUT2D eigenvalue weighted by atomic mass is 14.1. The van der Waals surface area contributed by atoms with Gasteiger partial charge < -0.3 is 0 Å². The van der Waals surface area contributed by atoms with Crippen LogP contribution in [0.4, 0.5) is 0 Å². The van der Waals surface area contributed by atoms with Gasteiger partial charge in [0, 0.05) is 0 Å². The van der Waals surface area contributed by atoms with Crippen LogP contribution < -0.4 is 0 Å². The maximum atomic E-state index is 2.32. The lowest BCUT2D eigenvalue weighted by molar-refractivity contribution is 0.911. The van der Waals surface area contributed by atoms with E-state index in [-0.39, 0.29) is 0 Å².